The molecule has 0 aromatic heterocycles. The van der Waals surface area contributed by atoms with E-state index in [9.17, 15) is 5.26 Å². The molecular weight excluding hydrogens is 336 g/mol. The van der Waals surface area contributed by atoms with Gasteiger partial charge in [0.05, 0.1) is 19.7 Å². The first kappa shape index (κ1) is 17.7. The molecule has 0 bridgehead atoms. The summed E-state index contributed by atoms with van der Waals surface area (Å²) in [6, 6.07) is 21.1. The van der Waals surface area contributed by atoms with Gasteiger partial charge in [0, 0.05) is 37.8 Å². The average Bonchev–Trinajstić information content (AvgIpc) is 2.74. The number of hydrogen-bond acceptors (Lipinski definition) is 5. The van der Waals surface area contributed by atoms with Gasteiger partial charge in [-0.2, -0.15) is 5.26 Å². The molecule has 0 unspecified atom stereocenters. The third-order valence-electron chi connectivity index (χ3n) is 5.58. The lowest BCUT2D eigenvalue weighted by molar-refractivity contribution is 0.113. The number of piperidine rings is 1. The second-order valence-electron chi connectivity index (χ2n) is 7.13. The van der Waals surface area contributed by atoms with E-state index in [0.29, 0.717) is 19.5 Å². The zero-order valence-electron chi connectivity index (χ0n) is 15.6. The fourth-order valence-electron chi connectivity index (χ4n) is 4.11. The van der Waals surface area contributed by atoms with Gasteiger partial charge in [-0.15, -0.1) is 0 Å². The van der Waals surface area contributed by atoms with Crippen LogP contribution in [0.3, 0.4) is 0 Å². The van der Waals surface area contributed by atoms with E-state index in [1.54, 1.807) is 7.11 Å². The topological polar surface area (TPSA) is 60.6 Å². The normalized spacial score (nSPS) is 25.2. The predicted molar refractivity (Wildman–Crippen MR) is 106 cm³/mol. The number of nitrogens with zero attached hydrogens (tertiary/aromatic N) is 3. The van der Waals surface area contributed by atoms with E-state index in [-0.39, 0.29) is 6.04 Å². The van der Waals surface area contributed by atoms with Crippen molar-refractivity contribution in [1.29, 1.82) is 5.26 Å². The van der Waals surface area contributed by atoms with Gasteiger partial charge in [-0.1, -0.05) is 42.5 Å². The Bertz CT molecular complexity index is 856. The van der Waals surface area contributed by atoms with Crippen LogP contribution in [0.1, 0.15) is 17.5 Å². The summed E-state index contributed by atoms with van der Waals surface area (Å²) in [6.45, 7) is 3.10. The number of likely N-dealkylation sites (tertiary alicyclic amines) is 1. The van der Waals surface area contributed by atoms with Crippen LogP contribution >= 0.6 is 0 Å². The number of nitrogens with one attached hydrogen (secondary N) is 1. The standard InChI is InChI=1S/C22H24N4O/c1-27-19-9-7-18(8-10-19)22(16-23)13-20-21(25-12-11-24-20)15-26(22)14-17-5-3-2-4-6-17/h2-10,20,24H,11-15H2,1H3/t20-,22-/m0/s1. The van der Waals surface area contributed by atoms with Crippen molar-refractivity contribution in [3.63, 3.8) is 0 Å². The average molecular weight is 360 g/mol. The Morgan fingerprint density at radius 2 is 2.00 bits per heavy atom. The van der Waals surface area contributed by atoms with Crippen molar-refractivity contribution < 1.29 is 4.74 Å². The van der Waals surface area contributed by atoms with Gasteiger partial charge in [0.25, 0.3) is 0 Å². The van der Waals surface area contributed by atoms with Crippen molar-refractivity contribution in [2.75, 3.05) is 26.7 Å². The maximum atomic E-state index is 10.4. The van der Waals surface area contributed by atoms with Gasteiger partial charge < -0.3 is 10.1 Å². The molecule has 27 heavy (non-hydrogen) atoms. The minimum Gasteiger partial charge on any atom is -0.497 e. The molecule has 2 aliphatic rings. The van der Waals surface area contributed by atoms with E-state index in [1.807, 2.05) is 42.5 Å². The second kappa shape index (κ2) is 7.51. The SMILES string of the molecule is COc1ccc([C@@]2(C#N)C[C@@H]3NCCN=C3CN2Cc2ccccc2)cc1. The molecule has 138 valence electrons. The predicted octanol–water partition coefficient (Wildman–Crippen LogP) is 2.73. The minimum absolute atomic E-state index is 0.160. The van der Waals surface area contributed by atoms with Crippen LogP contribution in [0.2, 0.25) is 0 Å². The van der Waals surface area contributed by atoms with Gasteiger partial charge in [-0.05, 0) is 23.3 Å². The number of ether oxygens (including phenoxy) is 1. The number of fused-ring (bicyclic) bond motifs is 1. The molecule has 0 radical (unpaired) electrons. The van der Waals surface area contributed by atoms with Crippen LogP contribution in [0.15, 0.2) is 59.6 Å². The van der Waals surface area contributed by atoms with E-state index in [1.165, 1.54) is 5.56 Å². The van der Waals surface area contributed by atoms with E-state index in [2.05, 4.69) is 28.4 Å². The van der Waals surface area contributed by atoms with Crippen LogP contribution in [-0.2, 0) is 12.1 Å². The first-order chi connectivity index (χ1) is 13.2. The molecule has 1 saturated heterocycles. The molecule has 2 aromatic carbocycles. The van der Waals surface area contributed by atoms with Gasteiger partial charge in [-0.3, -0.25) is 9.89 Å². The van der Waals surface area contributed by atoms with Crippen LogP contribution in [0.5, 0.6) is 5.75 Å². The lowest BCUT2D eigenvalue weighted by Gasteiger charge is -2.47. The van der Waals surface area contributed by atoms with Gasteiger partial charge in [0.15, 0.2) is 0 Å². The largest absolute Gasteiger partial charge is 0.497 e. The number of rotatable bonds is 4. The third-order valence-corrected chi connectivity index (χ3v) is 5.58. The minimum atomic E-state index is -0.698. The summed E-state index contributed by atoms with van der Waals surface area (Å²) in [5.41, 5.74) is 2.68. The molecule has 0 spiro atoms. The summed E-state index contributed by atoms with van der Waals surface area (Å²) >= 11 is 0. The van der Waals surface area contributed by atoms with Crippen molar-refractivity contribution in [1.82, 2.24) is 10.2 Å². The molecule has 2 aliphatic heterocycles. The molecule has 0 aliphatic carbocycles. The van der Waals surface area contributed by atoms with Gasteiger partial charge >= 0.3 is 0 Å². The maximum Gasteiger partial charge on any atom is 0.137 e. The number of aliphatic imine (C=N–C) groups is 1. The summed E-state index contributed by atoms with van der Waals surface area (Å²) in [5.74, 6) is 0.801. The number of benzene rings is 2. The van der Waals surface area contributed by atoms with Crippen LogP contribution in [-0.4, -0.2) is 43.4 Å². The van der Waals surface area contributed by atoms with Gasteiger partial charge in [0.1, 0.15) is 11.3 Å². The van der Waals surface area contributed by atoms with Crippen LogP contribution in [0.4, 0.5) is 0 Å². The van der Waals surface area contributed by atoms with Crippen molar-refractivity contribution in [2.45, 2.75) is 24.5 Å². The second-order valence-corrected chi connectivity index (χ2v) is 7.13. The summed E-state index contributed by atoms with van der Waals surface area (Å²) < 4.78 is 5.30. The third kappa shape index (κ3) is 3.34. The molecule has 1 N–H and O–H groups in total. The van der Waals surface area contributed by atoms with Crippen LogP contribution in [0.25, 0.3) is 0 Å². The molecule has 2 heterocycles. The van der Waals surface area contributed by atoms with E-state index < -0.39 is 5.54 Å². The summed E-state index contributed by atoms with van der Waals surface area (Å²) in [5, 5.41) is 13.9. The Morgan fingerprint density at radius 1 is 1.22 bits per heavy atom. The highest BCUT2D eigenvalue weighted by atomic mass is 16.5. The molecule has 5 nitrogen and oxygen atoms in total. The quantitative estimate of drug-likeness (QED) is 0.911. The highest BCUT2D eigenvalue weighted by Gasteiger charge is 2.47. The van der Waals surface area contributed by atoms with E-state index >= 15 is 0 Å². The first-order valence-electron chi connectivity index (χ1n) is 9.36. The van der Waals surface area contributed by atoms with Crippen molar-refractivity contribution in [3.05, 3.63) is 65.7 Å². The Balaban J connectivity index is 1.75. The zero-order chi connectivity index (χ0) is 18.7. The number of methoxy groups -OCH3 is 1. The fraction of sp³-hybridized carbons (Fsp3) is 0.364. The monoisotopic (exact) mass is 360 g/mol. The van der Waals surface area contributed by atoms with Gasteiger partial charge in [0.2, 0.25) is 0 Å². The van der Waals surface area contributed by atoms with E-state index in [4.69, 9.17) is 9.73 Å². The molecule has 5 heteroatoms. The molecule has 2 atom stereocenters. The number of hydrogen-bond donors (Lipinski definition) is 1. The Labute approximate surface area is 160 Å². The van der Waals surface area contributed by atoms with Crippen molar-refractivity contribution in [2.24, 2.45) is 4.99 Å². The highest BCUT2D eigenvalue weighted by molar-refractivity contribution is 5.93. The molecule has 0 amide bonds. The van der Waals surface area contributed by atoms with Gasteiger partial charge in [-0.25, -0.2) is 0 Å². The molecule has 2 aromatic rings. The van der Waals surface area contributed by atoms with Crippen molar-refractivity contribution >= 4 is 5.71 Å². The zero-order valence-corrected chi connectivity index (χ0v) is 15.6. The molecule has 4 rings (SSSR count). The Hall–Kier alpha value is -2.68. The Kier molecular flexibility index (Phi) is 4.93. The number of nitriles is 1. The smallest absolute Gasteiger partial charge is 0.137 e. The lowest BCUT2D eigenvalue weighted by atomic mass is 9.78. The first-order valence-corrected chi connectivity index (χ1v) is 9.36. The molecule has 1 fully saturated rings. The lowest BCUT2D eigenvalue weighted by Crippen LogP contribution is -2.61. The summed E-state index contributed by atoms with van der Waals surface area (Å²) in [4.78, 5) is 7.02. The van der Waals surface area contributed by atoms with Crippen LogP contribution in [0, 0.1) is 11.3 Å². The Morgan fingerprint density at radius 3 is 2.70 bits per heavy atom. The highest BCUT2D eigenvalue weighted by Crippen LogP contribution is 2.39. The van der Waals surface area contributed by atoms with Crippen molar-refractivity contribution in [3.8, 4) is 11.8 Å². The summed E-state index contributed by atoms with van der Waals surface area (Å²) in [7, 11) is 1.66. The molecular formula is C22H24N4O. The molecule has 0 saturated carbocycles. The summed E-state index contributed by atoms with van der Waals surface area (Å²) in [6.07, 6.45) is 0.696. The maximum absolute atomic E-state index is 10.4. The fourth-order valence-corrected chi connectivity index (χ4v) is 4.11. The van der Waals surface area contributed by atoms with E-state index in [0.717, 1.165) is 30.1 Å². The van der Waals surface area contributed by atoms with Crippen LogP contribution < -0.4 is 10.1 Å².